The Hall–Kier alpha value is -0.693. The van der Waals surface area contributed by atoms with Crippen LogP contribution in [0.3, 0.4) is 0 Å². The van der Waals surface area contributed by atoms with E-state index in [2.05, 4.69) is 47.7 Å². The predicted molar refractivity (Wildman–Crippen MR) is 116 cm³/mol. The maximum atomic E-state index is 10.9. The van der Waals surface area contributed by atoms with Crippen LogP contribution < -0.4 is 0 Å². The Balaban J connectivity index is 2.82. The highest BCUT2D eigenvalue weighted by Gasteiger charge is 2.42. The van der Waals surface area contributed by atoms with E-state index in [1.165, 1.54) is 18.1 Å². The molecule has 0 spiro atoms. The van der Waals surface area contributed by atoms with Gasteiger partial charge >= 0.3 is 5.97 Å². The summed E-state index contributed by atoms with van der Waals surface area (Å²) >= 11 is 0. The van der Waals surface area contributed by atoms with Crippen LogP contribution in [0.2, 0.25) is 18.1 Å². The molecule has 0 aromatic heterocycles. The van der Waals surface area contributed by atoms with E-state index < -0.39 is 14.1 Å². The van der Waals surface area contributed by atoms with Crippen molar-refractivity contribution in [2.75, 3.05) is 19.8 Å². The second-order valence-corrected chi connectivity index (χ2v) is 14.5. The van der Waals surface area contributed by atoms with Crippen LogP contribution in [0, 0.1) is 0 Å². The van der Waals surface area contributed by atoms with Gasteiger partial charge in [-0.3, -0.25) is 4.79 Å². The fourth-order valence-corrected chi connectivity index (χ4v) is 4.47. The average Bonchev–Trinajstić information content (AvgIpc) is 2.95. The highest BCUT2D eigenvalue weighted by Crippen LogP contribution is 2.40. The largest absolute Gasteiger partial charge is 0.466 e. The van der Waals surface area contributed by atoms with Crippen LogP contribution in [-0.4, -0.2) is 46.0 Å². The van der Waals surface area contributed by atoms with Crippen molar-refractivity contribution in [1.82, 2.24) is 0 Å². The Morgan fingerprint density at radius 1 is 1.11 bits per heavy atom. The number of allylic oxidation sites excluding steroid dienone is 1. The first kappa shape index (κ1) is 25.3. The number of carbonyl (C=O) groups excluding carboxylic acids is 1. The zero-order chi connectivity index (χ0) is 21.6. The molecule has 1 rings (SSSR count). The molecule has 5 nitrogen and oxygen atoms in total. The molecule has 0 aliphatic carbocycles. The van der Waals surface area contributed by atoms with E-state index in [1.54, 1.807) is 0 Å². The van der Waals surface area contributed by atoms with Crippen molar-refractivity contribution in [2.45, 2.75) is 104 Å². The molecule has 1 atom stereocenters. The number of hydrogen-bond donors (Lipinski definition) is 0. The quantitative estimate of drug-likeness (QED) is 0.202. The van der Waals surface area contributed by atoms with Gasteiger partial charge in [0.05, 0.1) is 25.9 Å². The summed E-state index contributed by atoms with van der Waals surface area (Å²) in [6.45, 7) is 21.0. The van der Waals surface area contributed by atoms with Crippen molar-refractivity contribution in [2.24, 2.45) is 0 Å². The van der Waals surface area contributed by atoms with Gasteiger partial charge in [-0.25, -0.2) is 0 Å². The maximum Gasteiger partial charge on any atom is 0.302 e. The van der Waals surface area contributed by atoms with Gasteiger partial charge in [0.25, 0.3) is 0 Å². The summed E-state index contributed by atoms with van der Waals surface area (Å²) in [6, 6.07) is 0. The van der Waals surface area contributed by atoms with Gasteiger partial charge in [0.2, 0.25) is 0 Å². The van der Waals surface area contributed by atoms with Crippen molar-refractivity contribution >= 4 is 14.3 Å². The Bertz CT molecular complexity index is 542. The van der Waals surface area contributed by atoms with E-state index in [4.69, 9.17) is 18.6 Å². The molecule has 1 fully saturated rings. The van der Waals surface area contributed by atoms with E-state index in [1.807, 2.05) is 6.92 Å². The summed E-state index contributed by atoms with van der Waals surface area (Å²) < 4.78 is 23.6. The Morgan fingerprint density at radius 2 is 1.68 bits per heavy atom. The molecule has 0 saturated carbocycles. The predicted octanol–water partition coefficient (Wildman–Crippen LogP) is 5.60. The minimum absolute atomic E-state index is 0.0624. The van der Waals surface area contributed by atoms with Crippen molar-refractivity contribution in [3.8, 4) is 0 Å². The van der Waals surface area contributed by atoms with E-state index >= 15 is 0 Å². The highest BCUT2D eigenvalue weighted by molar-refractivity contribution is 6.74. The van der Waals surface area contributed by atoms with E-state index in [9.17, 15) is 4.79 Å². The lowest BCUT2D eigenvalue weighted by Crippen LogP contribution is -2.46. The molecule has 0 unspecified atom stereocenters. The molecule has 0 amide bonds. The second kappa shape index (κ2) is 10.4. The van der Waals surface area contributed by atoms with Crippen LogP contribution in [0.25, 0.3) is 0 Å². The summed E-state index contributed by atoms with van der Waals surface area (Å²) in [7, 11) is -1.91. The molecule has 0 N–H and O–H groups in total. The number of carbonyl (C=O) groups is 1. The summed E-state index contributed by atoms with van der Waals surface area (Å²) in [5, 5.41) is 0.153. The molecule has 0 aromatic carbocycles. The molecule has 1 saturated heterocycles. The molecular formula is C22H42O5Si. The third-order valence-electron chi connectivity index (χ3n) is 6.03. The van der Waals surface area contributed by atoms with Gasteiger partial charge in [-0.1, -0.05) is 31.9 Å². The Kier molecular flexibility index (Phi) is 9.39. The number of ether oxygens (including phenoxy) is 3. The van der Waals surface area contributed by atoms with Gasteiger partial charge in [0.15, 0.2) is 14.1 Å². The van der Waals surface area contributed by atoms with Gasteiger partial charge in [-0.05, 0) is 58.2 Å². The van der Waals surface area contributed by atoms with E-state index in [0.29, 0.717) is 19.8 Å². The fourth-order valence-electron chi connectivity index (χ4n) is 3.12. The Labute approximate surface area is 173 Å². The average molecular weight is 415 g/mol. The highest BCUT2D eigenvalue weighted by atomic mass is 28.4. The van der Waals surface area contributed by atoms with Gasteiger partial charge < -0.3 is 18.6 Å². The lowest BCUT2D eigenvalue weighted by molar-refractivity contribution is -0.161. The van der Waals surface area contributed by atoms with Gasteiger partial charge in [0.1, 0.15) is 0 Å². The minimum atomic E-state index is -1.91. The molecule has 0 bridgehead atoms. The summed E-state index contributed by atoms with van der Waals surface area (Å²) in [5.41, 5.74) is 2.68. The molecule has 6 heteroatoms. The van der Waals surface area contributed by atoms with Crippen LogP contribution in [0.4, 0.5) is 0 Å². The summed E-state index contributed by atoms with van der Waals surface area (Å²) in [5.74, 6) is -0.776. The summed E-state index contributed by atoms with van der Waals surface area (Å²) in [6.07, 6.45) is 3.44. The lowest BCUT2D eigenvalue weighted by Gasteiger charge is -2.41. The standard InChI is InChI=1S/C22H42O5Si/c1-17(11-10-12-24-19(3)23)18(2)15-20(16-22(7)25-13-14-26-22)27-28(8,9)21(4,5)6/h20H,10-16H2,1-9H3/b18-17+/t20-/m0/s1. The molecule has 0 aromatic rings. The third kappa shape index (κ3) is 8.35. The van der Waals surface area contributed by atoms with Crippen LogP contribution in [0.5, 0.6) is 0 Å². The second-order valence-electron chi connectivity index (χ2n) is 9.74. The number of hydrogen-bond acceptors (Lipinski definition) is 5. The first-order valence-corrected chi connectivity index (χ1v) is 13.4. The van der Waals surface area contributed by atoms with Crippen molar-refractivity contribution in [3.05, 3.63) is 11.1 Å². The maximum absolute atomic E-state index is 10.9. The van der Waals surface area contributed by atoms with Crippen LogP contribution in [-0.2, 0) is 23.4 Å². The third-order valence-corrected chi connectivity index (χ3v) is 10.6. The van der Waals surface area contributed by atoms with Gasteiger partial charge in [-0.2, -0.15) is 0 Å². The zero-order valence-corrected chi connectivity index (χ0v) is 20.6. The Morgan fingerprint density at radius 3 is 2.18 bits per heavy atom. The number of esters is 1. The van der Waals surface area contributed by atoms with Gasteiger partial charge in [-0.15, -0.1) is 0 Å². The van der Waals surface area contributed by atoms with Crippen molar-refractivity contribution in [1.29, 1.82) is 0 Å². The molecule has 28 heavy (non-hydrogen) atoms. The smallest absolute Gasteiger partial charge is 0.302 e. The van der Waals surface area contributed by atoms with Crippen LogP contribution in [0.1, 0.15) is 74.1 Å². The first-order valence-electron chi connectivity index (χ1n) is 10.5. The fraction of sp³-hybridized carbons (Fsp3) is 0.864. The summed E-state index contributed by atoms with van der Waals surface area (Å²) in [4.78, 5) is 10.9. The van der Waals surface area contributed by atoms with Crippen molar-refractivity contribution in [3.63, 3.8) is 0 Å². The minimum Gasteiger partial charge on any atom is -0.466 e. The van der Waals surface area contributed by atoms with E-state index in [0.717, 1.165) is 25.7 Å². The van der Waals surface area contributed by atoms with E-state index in [-0.39, 0.29) is 17.1 Å². The zero-order valence-electron chi connectivity index (χ0n) is 19.6. The van der Waals surface area contributed by atoms with Crippen LogP contribution in [0.15, 0.2) is 11.1 Å². The molecular weight excluding hydrogens is 372 g/mol. The lowest BCUT2D eigenvalue weighted by atomic mass is 9.98. The molecule has 1 heterocycles. The molecule has 0 radical (unpaired) electrons. The first-order chi connectivity index (χ1) is 12.8. The topological polar surface area (TPSA) is 54.0 Å². The van der Waals surface area contributed by atoms with Crippen LogP contribution >= 0.6 is 0 Å². The molecule has 1 aliphatic heterocycles. The molecule has 164 valence electrons. The monoisotopic (exact) mass is 414 g/mol. The molecule has 1 aliphatic rings. The number of rotatable bonds is 10. The normalized spacial score (nSPS) is 19.3. The van der Waals surface area contributed by atoms with Crippen molar-refractivity contribution < 1.29 is 23.4 Å². The SMILES string of the molecule is CC(=O)OCCC/C(C)=C(\C)C[C@@H](CC1(C)OCCO1)O[Si](C)(C)C(C)(C)C. The van der Waals surface area contributed by atoms with Gasteiger partial charge in [0, 0.05) is 13.3 Å².